The Morgan fingerprint density at radius 3 is 2.44 bits per heavy atom. The van der Waals surface area contributed by atoms with Gasteiger partial charge in [0.1, 0.15) is 6.61 Å². The van der Waals surface area contributed by atoms with Crippen molar-refractivity contribution in [3.05, 3.63) is 71.3 Å². The van der Waals surface area contributed by atoms with Gasteiger partial charge in [0.25, 0.3) is 0 Å². The summed E-state index contributed by atoms with van der Waals surface area (Å²) < 4.78 is 41.2. The molecule has 7 heteroatoms. The van der Waals surface area contributed by atoms with Gasteiger partial charge in [-0.1, -0.05) is 54.6 Å². The maximum atomic E-state index is 12.2. The van der Waals surface area contributed by atoms with E-state index in [0.29, 0.717) is 18.1 Å². The second-order valence-electron chi connectivity index (χ2n) is 6.13. The zero-order valence-corrected chi connectivity index (χ0v) is 15.4. The maximum absolute atomic E-state index is 12.2. The van der Waals surface area contributed by atoms with Crippen molar-refractivity contribution in [3.8, 4) is 0 Å². The fraction of sp³-hybridized carbons (Fsp3) is 0.350. The lowest BCUT2D eigenvalue weighted by Crippen LogP contribution is -2.38. The van der Waals surface area contributed by atoms with Gasteiger partial charge in [-0.3, -0.25) is 4.99 Å². The lowest BCUT2D eigenvalue weighted by Gasteiger charge is -2.18. The molecule has 27 heavy (non-hydrogen) atoms. The van der Waals surface area contributed by atoms with Crippen LogP contribution in [0, 0.1) is 0 Å². The molecular formula is C20H24F3N3O. The highest BCUT2D eigenvalue weighted by atomic mass is 19.4. The third-order valence-electron chi connectivity index (χ3n) is 3.86. The number of nitrogens with zero attached hydrogens (tertiary/aromatic N) is 1. The molecule has 0 aliphatic rings. The summed E-state index contributed by atoms with van der Waals surface area (Å²) in [5.74, 6) is 0.644. The summed E-state index contributed by atoms with van der Waals surface area (Å²) in [7, 11) is 1.69. The minimum Gasteiger partial charge on any atom is -0.367 e. The summed E-state index contributed by atoms with van der Waals surface area (Å²) in [6.45, 7) is 1.21. The van der Waals surface area contributed by atoms with E-state index < -0.39 is 12.8 Å². The first-order chi connectivity index (χ1) is 12.9. The molecule has 2 aromatic carbocycles. The van der Waals surface area contributed by atoms with E-state index in [4.69, 9.17) is 4.74 Å². The molecule has 0 aliphatic carbocycles. The Morgan fingerprint density at radius 2 is 1.78 bits per heavy atom. The number of hydrogen-bond donors (Lipinski definition) is 2. The smallest absolute Gasteiger partial charge is 0.367 e. The first kappa shape index (κ1) is 20.8. The van der Waals surface area contributed by atoms with Crippen molar-refractivity contribution in [3.63, 3.8) is 0 Å². The number of aliphatic imine (C=N–C) groups is 1. The molecular weight excluding hydrogens is 355 g/mol. The Balaban J connectivity index is 1.86. The molecule has 0 bridgehead atoms. The molecule has 1 unspecified atom stereocenters. The van der Waals surface area contributed by atoms with E-state index >= 15 is 0 Å². The SMILES string of the molecule is CN=C(NCc1cccc(COCC(F)(F)F)c1)NC(C)c1ccccc1. The van der Waals surface area contributed by atoms with Crippen molar-refractivity contribution in [2.75, 3.05) is 13.7 Å². The van der Waals surface area contributed by atoms with Crippen LogP contribution in [0.5, 0.6) is 0 Å². The van der Waals surface area contributed by atoms with Crippen molar-refractivity contribution in [1.82, 2.24) is 10.6 Å². The van der Waals surface area contributed by atoms with E-state index in [1.807, 2.05) is 49.4 Å². The molecule has 2 aromatic rings. The first-order valence-electron chi connectivity index (χ1n) is 8.62. The van der Waals surface area contributed by atoms with Crippen LogP contribution in [0.4, 0.5) is 13.2 Å². The molecule has 2 rings (SSSR count). The zero-order chi connectivity index (χ0) is 19.7. The van der Waals surface area contributed by atoms with Crippen molar-refractivity contribution >= 4 is 5.96 Å². The molecule has 0 aromatic heterocycles. The van der Waals surface area contributed by atoms with E-state index in [9.17, 15) is 13.2 Å². The van der Waals surface area contributed by atoms with Crippen molar-refractivity contribution in [1.29, 1.82) is 0 Å². The average Bonchev–Trinajstić information content (AvgIpc) is 2.65. The van der Waals surface area contributed by atoms with E-state index in [2.05, 4.69) is 15.6 Å². The number of ether oxygens (including phenoxy) is 1. The Morgan fingerprint density at radius 1 is 1.07 bits per heavy atom. The topological polar surface area (TPSA) is 45.7 Å². The van der Waals surface area contributed by atoms with E-state index in [1.165, 1.54) is 0 Å². The first-order valence-corrected chi connectivity index (χ1v) is 8.62. The van der Waals surface area contributed by atoms with Crippen LogP contribution in [0.25, 0.3) is 0 Å². The van der Waals surface area contributed by atoms with Crippen LogP contribution < -0.4 is 10.6 Å². The van der Waals surface area contributed by atoms with Gasteiger partial charge in [0.15, 0.2) is 5.96 Å². The molecule has 0 aliphatic heterocycles. The van der Waals surface area contributed by atoms with E-state index in [0.717, 1.165) is 11.1 Å². The van der Waals surface area contributed by atoms with Gasteiger partial charge in [-0.25, -0.2) is 0 Å². The highest BCUT2D eigenvalue weighted by molar-refractivity contribution is 5.80. The standard InChI is InChI=1S/C20H24F3N3O/c1-15(18-9-4-3-5-10-18)26-19(24-2)25-12-16-7-6-8-17(11-16)13-27-14-20(21,22)23/h3-11,15H,12-14H2,1-2H3,(H2,24,25,26). The Bertz CT molecular complexity index is 733. The lowest BCUT2D eigenvalue weighted by molar-refractivity contribution is -0.176. The third-order valence-corrected chi connectivity index (χ3v) is 3.86. The fourth-order valence-electron chi connectivity index (χ4n) is 2.52. The number of guanidine groups is 1. The van der Waals surface area contributed by atoms with Crippen LogP contribution in [0.2, 0.25) is 0 Å². The van der Waals surface area contributed by atoms with Gasteiger partial charge in [0, 0.05) is 13.6 Å². The third kappa shape index (κ3) is 7.70. The molecule has 1 atom stereocenters. The van der Waals surface area contributed by atoms with Gasteiger partial charge in [-0.05, 0) is 23.6 Å². The maximum Gasteiger partial charge on any atom is 0.411 e. The van der Waals surface area contributed by atoms with Crippen molar-refractivity contribution < 1.29 is 17.9 Å². The molecule has 4 nitrogen and oxygen atoms in total. The number of alkyl halides is 3. The molecule has 0 heterocycles. The zero-order valence-electron chi connectivity index (χ0n) is 15.4. The molecule has 2 N–H and O–H groups in total. The van der Waals surface area contributed by atoms with Crippen LogP contribution >= 0.6 is 0 Å². The minimum atomic E-state index is -4.31. The van der Waals surface area contributed by atoms with Crippen molar-refractivity contribution in [2.45, 2.75) is 32.3 Å². The second kappa shape index (κ2) is 9.97. The minimum absolute atomic E-state index is 0.0780. The quantitative estimate of drug-likeness (QED) is 0.560. The summed E-state index contributed by atoms with van der Waals surface area (Å²) in [6, 6.07) is 17.3. The Labute approximate surface area is 157 Å². The van der Waals surface area contributed by atoms with Gasteiger partial charge in [0.05, 0.1) is 12.6 Å². The summed E-state index contributed by atoms with van der Waals surface area (Å²) in [6.07, 6.45) is -4.31. The Hall–Kier alpha value is -2.54. The van der Waals surface area contributed by atoms with Gasteiger partial charge in [-0.15, -0.1) is 0 Å². The monoisotopic (exact) mass is 379 g/mol. The number of benzene rings is 2. The molecule has 0 spiro atoms. The van der Waals surface area contributed by atoms with Gasteiger partial charge in [0.2, 0.25) is 0 Å². The highest BCUT2D eigenvalue weighted by Crippen LogP contribution is 2.16. The van der Waals surface area contributed by atoms with Crippen LogP contribution in [0.3, 0.4) is 0 Å². The van der Waals surface area contributed by atoms with E-state index in [1.54, 1.807) is 19.2 Å². The number of halogens is 3. The van der Waals surface area contributed by atoms with Crippen molar-refractivity contribution in [2.24, 2.45) is 4.99 Å². The normalized spacial score (nSPS) is 13.3. The Kier molecular flexibility index (Phi) is 7.67. The molecule has 0 saturated carbocycles. The summed E-state index contributed by atoms with van der Waals surface area (Å²) in [5, 5.41) is 6.52. The summed E-state index contributed by atoms with van der Waals surface area (Å²) in [5.41, 5.74) is 2.77. The molecule has 0 amide bonds. The second-order valence-corrected chi connectivity index (χ2v) is 6.13. The van der Waals surface area contributed by atoms with Crippen LogP contribution in [0.15, 0.2) is 59.6 Å². The highest BCUT2D eigenvalue weighted by Gasteiger charge is 2.27. The van der Waals surface area contributed by atoms with Crippen LogP contribution in [0.1, 0.15) is 29.7 Å². The lowest BCUT2D eigenvalue weighted by atomic mass is 10.1. The molecule has 146 valence electrons. The van der Waals surface area contributed by atoms with Crippen LogP contribution in [-0.4, -0.2) is 25.8 Å². The van der Waals surface area contributed by atoms with Gasteiger partial charge < -0.3 is 15.4 Å². The largest absolute Gasteiger partial charge is 0.411 e. The summed E-state index contributed by atoms with van der Waals surface area (Å²) >= 11 is 0. The average molecular weight is 379 g/mol. The number of nitrogens with one attached hydrogen (secondary N) is 2. The number of hydrogen-bond acceptors (Lipinski definition) is 2. The summed E-state index contributed by atoms with van der Waals surface area (Å²) in [4.78, 5) is 4.21. The fourth-order valence-corrected chi connectivity index (χ4v) is 2.52. The van der Waals surface area contributed by atoms with E-state index in [-0.39, 0.29) is 12.6 Å². The molecule has 0 radical (unpaired) electrons. The van der Waals surface area contributed by atoms with Crippen LogP contribution in [-0.2, 0) is 17.9 Å². The molecule has 0 saturated heterocycles. The predicted octanol–water partition coefficient (Wildman–Crippen LogP) is 4.19. The molecule has 0 fully saturated rings. The number of rotatable bonds is 7. The van der Waals surface area contributed by atoms with Gasteiger partial charge in [-0.2, -0.15) is 13.2 Å². The van der Waals surface area contributed by atoms with Gasteiger partial charge >= 0.3 is 6.18 Å². The predicted molar refractivity (Wildman–Crippen MR) is 100 cm³/mol.